The molecule has 1 aromatic carbocycles. The molecule has 1 N–H and O–H groups in total. The second-order valence-corrected chi connectivity index (χ2v) is 6.25. The van der Waals surface area contributed by atoms with Crippen molar-refractivity contribution in [3.05, 3.63) is 45.9 Å². The third kappa shape index (κ3) is 2.78. The molecule has 0 spiro atoms. The number of benzene rings is 1. The topological polar surface area (TPSA) is 45.2 Å². The van der Waals surface area contributed by atoms with Crippen LogP contribution in [-0.2, 0) is 6.42 Å². The van der Waals surface area contributed by atoms with Crippen molar-refractivity contribution in [3.63, 3.8) is 0 Å². The number of nitrogens with one attached hydrogen (secondary N) is 1. The number of amides is 1. The second kappa shape index (κ2) is 5.85. The lowest BCUT2D eigenvalue weighted by Crippen LogP contribution is -2.41. The molecular weight excluding hydrogens is 282 g/mol. The molecule has 5 heteroatoms. The van der Waals surface area contributed by atoms with Crippen LogP contribution in [0.25, 0.3) is 0 Å². The summed E-state index contributed by atoms with van der Waals surface area (Å²) in [6.45, 7) is 5.69. The molecule has 0 saturated heterocycles. The zero-order chi connectivity index (χ0) is 14.8. The van der Waals surface area contributed by atoms with Crippen LogP contribution in [0.2, 0.25) is 0 Å². The van der Waals surface area contributed by atoms with Gasteiger partial charge in [0, 0.05) is 24.8 Å². The van der Waals surface area contributed by atoms with Crippen LogP contribution in [0.4, 0.5) is 5.69 Å². The highest BCUT2D eigenvalue weighted by Gasteiger charge is 2.23. The van der Waals surface area contributed by atoms with Crippen molar-refractivity contribution in [2.24, 2.45) is 0 Å². The summed E-state index contributed by atoms with van der Waals surface area (Å²) in [4.78, 5) is 19.3. The summed E-state index contributed by atoms with van der Waals surface area (Å²) in [5, 5.41) is 3.02. The number of hydrogen-bond donors (Lipinski definition) is 1. The number of hydrogen-bond acceptors (Lipinski definition) is 4. The summed E-state index contributed by atoms with van der Waals surface area (Å²) >= 11 is 1.39. The Bertz CT molecular complexity index is 652. The summed E-state index contributed by atoms with van der Waals surface area (Å²) in [6, 6.07) is 8.78. The van der Waals surface area contributed by atoms with Gasteiger partial charge in [0.15, 0.2) is 0 Å². The maximum atomic E-state index is 12.1. The summed E-state index contributed by atoms with van der Waals surface area (Å²) in [5.74, 6) is -0.0191. The average molecular weight is 301 g/mol. The number of thiazole rings is 1. The van der Waals surface area contributed by atoms with Gasteiger partial charge in [0.1, 0.15) is 4.88 Å². The molecule has 21 heavy (non-hydrogen) atoms. The summed E-state index contributed by atoms with van der Waals surface area (Å²) in [6.07, 6.45) is 1.09. The van der Waals surface area contributed by atoms with Crippen LogP contribution >= 0.6 is 11.3 Å². The molecule has 0 unspecified atom stereocenters. The Kier molecular flexibility index (Phi) is 3.92. The number of nitrogens with zero attached hydrogens (tertiary/aromatic N) is 2. The quantitative estimate of drug-likeness (QED) is 0.944. The normalized spacial score (nSPS) is 14.9. The first-order chi connectivity index (χ1) is 10.2. The number of aryl methyl sites for hydroxylation is 1. The molecule has 1 amide bonds. The molecule has 0 bridgehead atoms. The van der Waals surface area contributed by atoms with Gasteiger partial charge >= 0.3 is 0 Å². The van der Waals surface area contributed by atoms with Gasteiger partial charge in [0.2, 0.25) is 0 Å². The minimum Gasteiger partial charge on any atom is -0.366 e. The van der Waals surface area contributed by atoms with E-state index in [1.807, 2.05) is 6.92 Å². The van der Waals surface area contributed by atoms with Gasteiger partial charge in [-0.3, -0.25) is 4.79 Å². The van der Waals surface area contributed by atoms with Crippen molar-refractivity contribution in [1.82, 2.24) is 10.3 Å². The van der Waals surface area contributed by atoms with E-state index in [1.165, 1.54) is 22.6 Å². The van der Waals surface area contributed by atoms with Gasteiger partial charge in [-0.15, -0.1) is 11.3 Å². The van der Waals surface area contributed by atoms with Gasteiger partial charge in [-0.25, -0.2) is 4.98 Å². The van der Waals surface area contributed by atoms with E-state index in [4.69, 9.17) is 0 Å². The maximum absolute atomic E-state index is 12.1. The molecule has 1 atom stereocenters. The van der Waals surface area contributed by atoms with E-state index in [0.29, 0.717) is 11.4 Å². The third-order valence-electron chi connectivity index (χ3n) is 3.96. The van der Waals surface area contributed by atoms with Gasteiger partial charge < -0.3 is 10.2 Å². The molecule has 4 nitrogen and oxygen atoms in total. The Hall–Kier alpha value is -1.88. The fraction of sp³-hybridized carbons (Fsp3) is 0.375. The van der Waals surface area contributed by atoms with Gasteiger partial charge in [-0.2, -0.15) is 0 Å². The van der Waals surface area contributed by atoms with E-state index < -0.39 is 0 Å². The number of carbonyl (C=O) groups excluding carboxylic acids is 1. The fourth-order valence-corrected chi connectivity index (χ4v) is 3.49. The Morgan fingerprint density at radius 2 is 2.29 bits per heavy atom. The zero-order valence-electron chi connectivity index (χ0n) is 12.3. The second-order valence-electron chi connectivity index (χ2n) is 5.40. The minimum absolute atomic E-state index is 0.0191. The van der Waals surface area contributed by atoms with E-state index in [0.717, 1.165) is 18.7 Å². The molecule has 2 heterocycles. The zero-order valence-corrected chi connectivity index (χ0v) is 13.1. The van der Waals surface area contributed by atoms with E-state index in [9.17, 15) is 4.79 Å². The van der Waals surface area contributed by atoms with Crippen molar-refractivity contribution in [2.75, 3.05) is 18.0 Å². The molecule has 3 rings (SSSR count). The monoisotopic (exact) mass is 301 g/mol. The van der Waals surface area contributed by atoms with E-state index in [-0.39, 0.29) is 11.9 Å². The van der Waals surface area contributed by atoms with Crippen molar-refractivity contribution < 1.29 is 4.79 Å². The van der Waals surface area contributed by atoms with E-state index >= 15 is 0 Å². The standard InChI is InChI=1S/C16H19N3OS/c1-11(9-17-16(20)15-12(2)18-10-21-15)19-8-7-13-5-3-4-6-14(13)19/h3-6,10-11H,7-9H2,1-2H3,(H,17,20)/t11-/m1/s1. The molecule has 1 aromatic heterocycles. The van der Waals surface area contributed by atoms with Crippen LogP contribution < -0.4 is 10.2 Å². The average Bonchev–Trinajstić information content (AvgIpc) is 3.10. The van der Waals surface area contributed by atoms with Crippen LogP contribution in [0.5, 0.6) is 0 Å². The molecule has 0 radical (unpaired) electrons. The lowest BCUT2D eigenvalue weighted by atomic mass is 10.2. The Morgan fingerprint density at radius 1 is 1.48 bits per heavy atom. The van der Waals surface area contributed by atoms with Crippen LogP contribution in [0.1, 0.15) is 27.9 Å². The Morgan fingerprint density at radius 3 is 3.05 bits per heavy atom. The first-order valence-corrected chi connectivity index (χ1v) is 8.07. The molecular formula is C16H19N3OS. The predicted octanol–water partition coefficient (Wildman–Crippen LogP) is 2.63. The van der Waals surface area contributed by atoms with Gasteiger partial charge in [0.25, 0.3) is 5.91 Å². The number of rotatable bonds is 4. The van der Waals surface area contributed by atoms with Crippen LogP contribution in [0.15, 0.2) is 29.8 Å². The molecule has 1 aliphatic rings. The summed E-state index contributed by atoms with van der Waals surface area (Å²) in [7, 11) is 0. The highest BCUT2D eigenvalue weighted by Crippen LogP contribution is 2.28. The Balaban J connectivity index is 1.62. The molecule has 0 aliphatic carbocycles. The number of carbonyl (C=O) groups is 1. The van der Waals surface area contributed by atoms with Crippen LogP contribution in [0.3, 0.4) is 0 Å². The highest BCUT2D eigenvalue weighted by molar-refractivity contribution is 7.11. The highest BCUT2D eigenvalue weighted by atomic mass is 32.1. The predicted molar refractivity (Wildman–Crippen MR) is 86.1 cm³/mol. The molecule has 1 aliphatic heterocycles. The SMILES string of the molecule is Cc1ncsc1C(=O)NC[C@@H](C)N1CCc2ccccc21. The molecule has 0 fully saturated rings. The van der Waals surface area contributed by atoms with Gasteiger partial charge in [-0.05, 0) is 31.9 Å². The third-order valence-corrected chi connectivity index (χ3v) is 4.89. The summed E-state index contributed by atoms with van der Waals surface area (Å²) in [5.41, 5.74) is 5.21. The smallest absolute Gasteiger partial charge is 0.263 e. The molecule has 110 valence electrons. The minimum atomic E-state index is -0.0191. The maximum Gasteiger partial charge on any atom is 0.263 e. The first-order valence-electron chi connectivity index (χ1n) is 7.19. The van der Waals surface area contributed by atoms with Gasteiger partial charge in [0.05, 0.1) is 11.2 Å². The van der Waals surface area contributed by atoms with Crippen molar-refractivity contribution >= 4 is 22.9 Å². The number of anilines is 1. The largest absolute Gasteiger partial charge is 0.366 e. The first kappa shape index (κ1) is 14.1. The molecule has 0 saturated carbocycles. The lowest BCUT2D eigenvalue weighted by Gasteiger charge is -2.27. The number of para-hydroxylation sites is 1. The van der Waals surface area contributed by atoms with Gasteiger partial charge in [-0.1, -0.05) is 18.2 Å². The Labute approximate surface area is 128 Å². The van der Waals surface area contributed by atoms with Crippen molar-refractivity contribution in [2.45, 2.75) is 26.3 Å². The number of fused-ring (bicyclic) bond motifs is 1. The van der Waals surface area contributed by atoms with Crippen molar-refractivity contribution in [1.29, 1.82) is 0 Å². The lowest BCUT2D eigenvalue weighted by molar-refractivity contribution is 0.0955. The van der Waals surface area contributed by atoms with Crippen molar-refractivity contribution in [3.8, 4) is 0 Å². The number of aromatic nitrogens is 1. The fourth-order valence-electron chi connectivity index (χ4n) is 2.77. The van der Waals surface area contributed by atoms with Crippen LogP contribution in [0, 0.1) is 6.92 Å². The molecule has 2 aromatic rings. The van der Waals surface area contributed by atoms with Crippen LogP contribution in [-0.4, -0.2) is 30.0 Å². The summed E-state index contributed by atoms with van der Waals surface area (Å²) < 4.78 is 0. The van der Waals surface area contributed by atoms with E-state index in [2.05, 4.69) is 46.4 Å². The van der Waals surface area contributed by atoms with E-state index in [1.54, 1.807) is 5.51 Å².